The van der Waals surface area contributed by atoms with E-state index in [0.717, 1.165) is 36.8 Å². The van der Waals surface area contributed by atoms with Crippen molar-refractivity contribution in [2.45, 2.75) is 58.5 Å². The lowest BCUT2D eigenvalue weighted by atomic mass is 9.88. The second-order valence-corrected chi connectivity index (χ2v) is 6.57. The number of fused-ring (bicyclic) bond motifs is 1. The molecule has 5 heteroatoms. The number of hydrogen-bond donors (Lipinski definition) is 3. The van der Waals surface area contributed by atoms with Crippen LogP contribution in [0.3, 0.4) is 0 Å². The molecule has 1 aromatic rings. The molecule has 0 aromatic heterocycles. The molecule has 4 nitrogen and oxygen atoms in total. The van der Waals surface area contributed by atoms with Crippen LogP contribution in [-0.4, -0.2) is 23.7 Å². The Labute approximate surface area is 156 Å². The minimum atomic E-state index is 0. The molecule has 0 spiro atoms. The van der Waals surface area contributed by atoms with Gasteiger partial charge in [0.2, 0.25) is 0 Å². The number of hydrogen-bond acceptors (Lipinski definition) is 2. The van der Waals surface area contributed by atoms with Gasteiger partial charge in [-0.05, 0) is 62.1 Å². The number of aliphatic imine (C=N–C) groups is 1. The summed E-state index contributed by atoms with van der Waals surface area (Å²) in [6, 6.07) is 4.46. The summed E-state index contributed by atoms with van der Waals surface area (Å²) in [4.78, 5) is 4.70. The molecule has 0 bridgehead atoms. The molecule has 0 saturated heterocycles. The van der Waals surface area contributed by atoms with Crippen LogP contribution >= 0.6 is 24.0 Å². The lowest BCUT2D eigenvalue weighted by Gasteiger charge is -2.20. The average Bonchev–Trinajstić information content (AvgIpc) is 3.21. The van der Waals surface area contributed by atoms with Gasteiger partial charge in [0.15, 0.2) is 5.96 Å². The first-order chi connectivity index (χ1) is 10.7. The van der Waals surface area contributed by atoms with Crippen LogP contribution in [0.25, 0.3) is 0 Å². The van der Waals surface area contributed by atoms with E-state index in [1.54, 1.807) is 0 Å². The summed E-state index contributed by atoms with van der Waals surface area (Å²) in [7, 11) is 0. The summed E-state index contributed by atoms with van der Waals surface area (Å²) >= 11 is 0. The zero-order chi connectivity index (χ0) is 15.5. The molecule has 0 heterocycles. The summed E-state index contributed by atoms with van der Waals surface area (Å²) in [6.07, 6.45) is 5.88. The summed E-state index contributed by atoms with van der Waals surface area (Å²) in [5.74, 6) is 1.99. The molecular weight excluding hydrogens is 401 g/mol. The minimum absolute atomic E-state index is 0. The Morgan fingerprint density at radius 1 is 1.30 bits per heavy atom. The minimum Gasteiger partial charge on any atom is -0.508 e. The highest BCUT2D eigenvalue weighted by molar-refractivity contribution is 14.0. The largest absolute Gasteiger partial charge is 0.508 e. The smallest absolute Gasteiger partial charge is 0.191 e. The van der Waals surface area contributed by atoms with Crippen molar-refractivity contribution < 1.29 is 5.11 Å². The van der Waals surface area contributed by atoms with Crippen molar-refractivity contribution in [3.05, 3.63) is 28.8 Å². The molecule has 3 N–H and O–H groups in total. The Morgan fingerprint density at radius 2 is 2.04 bits per heavy atom. The zero-order valence-electron chi connectivity index (χ0n) is 14.1. The molecule has 2 atom stereocenters. The van der Waals surface area contributed by atoms with Crippen LogP contribution in [0.2, 0.25) is 0 Å². The van der Waals surface area contributed by atoms with Gasteiger partial charge in [-0.2, -0.15) is 0 Å². The Hall–Kier alpha value is -0.980. The highest BCUT2D eigenvalue weighted by Crippen LogP contribution is 2.31. The third-order valence-electron chi connectivity index (χ3n) is 4.80. The van der Waals surface area contributed by atoms with Crippen LogP contribution < -0.4 is 10.6 Å². The van der Waals surface area contributed by atoms with Gasteiger partial charge in [-0.1, -0.05) is 13.0 Å². The molecule has 0 radical (unpaired) electrons. The predicted octanol–water partition coefficient (Wildman–Crippen LogP) is 3.35. The number of halogens is 1. The van der Waals surface area contributed by atoms with Crippen molar-refractivity contribution in [3.8, 4) is 5.75 Å². The van der Waals surface area contributed by atoms with Gasteiger partial charge in [0.25, 0.3) is 0 Å². The third kappa shape index (κ3) is 4.52. The second kappa shape index (κ2) is 8.22. The van der Waals surface area contributed by atoms with Crippen LogP contribution in [0.15, 0.2) is 17.1 Å². The number of aryl methyl sites for hydroxylation is 1. The first kappa shape index (κ1) is 18.4. The van der Waals surface area contributed by atoms with E-state index in [0.29, 0.717) is 18.3 Å². The standard InChI is InChI=1S/C18H27N3O.HI/c1-3-19-18(21-16-10-12(16)2)20-11-15-14-7-5-4-6-13(14)8-9-17(15)22;/h8-9,12,16,22H,3-7,10-11H2,1-2H3,(H2,19,20,21);1H. The van der Waals surface area contributed by atoms with Crippen LogP contribution in [-0.2, 0) is 19.4 Å². The Bertz CT molecular complexity index is 574. The summed E-state index contributed by atoms with van der Waals surface area (Å²) < 4.78 is 0. The number of guanidine groups is 1. The molecule has 128 valence electrons. The van der Waals surface area contributed by atoms with Gasteiger partial charge in [-0.25, -0.2) is 4.99 Å². The molecule has 2 unspecified atom stereocenters. The molecule has 23 heavy (non-hydrogen) atoms. The molecule has 0 amide bonds. The van der Waals surface area contributed by atoms with Crippen molar-refractivity contribution in [2.24, 2.45) is 10.9 Å². The molecule has 1 saturated carbocycles. The maximum absolute atomic E-state index is 10.2. The summed E-state index contributed by atoms with van der Waals surface area (Å²) in [6.45, 7) is 5.73. The second-order valence-electron chi connectivity index (χ2n) is 6.57. The maximum atomic E-state index is 10.2. The normalized spacial score (nSPS) is 22.8. The van der Waals surface area contributed by atoms with E-state index in [9.17, 15) is 5.11 Å². The van der Waals surface area contributed by atoms with Gasteiger partial charge in [-0.3, -0.25) is 0 Å². The van der Waals surface area contributed by atoms with E-state index >= 15 is 0 Å². The number of phenolic OH excluding ortho intramolecular Hbond substituents is 1. The fourth-order valence-corrected chi connectivity index (χ4v) is 3.25. The molecule has 1 fully saturated rings. The van der Waals surface area contributed by atoms with E-state index in [4.69, 9.17) is 4.99 Å². The number of nitrogens with zero attached hydrogens (tertiary/aromatic N) is 1. The lowest BCUT2D eigenvalue weighted by Crippen LogP contribution is -2.39. The van der Waals surface area contributed by atoms with Crippen molar-refractivity contribution in [1.82, 2.24) is 10.6 Å². The van der Waals surface area contributed by atoms with Crippen molar-refractivity contribution in [2.75, 3.05) is 6.54 Å². The van der Waals surface area contributed by atoms with Crippen molar-refractivity contribution in [1.29, 1.82) is 0 Å². The van der Waals surface area contributed by atoms with Gasteiger partial charge in [0.1, 0.15) is 5.75 Å². The monoisotopic (exact) mass is 429 g/mol. The van der Waals surface area contributed by atoms with Crippen LogP contribution in [0.1, 0.15) is 49.8 Å². The van der Waals surface area contributed by atoms with E-state index in [2.05, 4.69) is 30.5 Å². The molecule has 1 aromatic carbocycles. The summed E-state index contributed by atoms with van der Waals surface area (Å²) in [5, 5.41) is 17.0. The number of rotatable bonds is 4. The number of phenols is 1. The van der Waals surface area contributed by atoms with E-state index in [1.807, 2.05) is 6.07 Å². The first-order valence-corrected chi connectivity index (χ1v) is 8.56. The number of benzene rings is 1. The zero-order valence-corrected chi connectivity index (χ0v) is 16.4. The van der Waals surface area contributed by atoms with Gasteiger partial charge < -0.3 is 15.7 Å². The van der Waals surface area contributed by atoms with Gasteiger partial charge in [0.05, 0.1) is 6.54 Å². The SMILES string of the molecule is CCNC(=NCc1c(O)ccc2c1CCCC2)NC1CC1C.I. The van der Waals surface area contributed by atoms with Crippen molar-refractivity contribution in [3.63, 3.8) is 0 Å². The fourth-order valence-electron chi connectivity index (χ4n) is 3.25. The fraction of sp³-hybridized carbons (Fsp3) is 0.611. The van der Waals surface area contributed by atoms with Gasteiger partial charge in [-0.15, -0.1) is 24.0 Å². The van der Waals surface area contributed by atoms with E-state index in [-0.39, 0.29) is 24.0 Å². The highest BCUT2D eigenvalue weighted by Gasteiger charge is 2.33. The summed E-state index contributed by atoms with van der Waals surface area (Å²) in [5.41, 5.74) is 3.73. The Morgan fingerprint density at radius 3 is 2.74 bits per heavy atom. The van der Waals surface area contributed by atoms with Crippen LogP contribution in [0.4, 0.5) is 0 Å². The molecule has 2 aliphatic carbocycles. The third-order valence-corrected chi connectivity index (χ3v) is 4.80. The van der Waals surface area contributed by atoms with Gasteiger partial charge >= 0.3 is 0 Å². The number of aromatic hydroxyl groups is 1. The molecule has 2 aliphatic rings. The Balaban J connectivity index is 0.00000192. The maximum Gasteiger partial charge on any atom is 0.191 e. The van der Waals surface area contributed by atoms with Crippen LogP contribution in [0, 0.1) is 5.92 Å². The molecule has 0 aliphatic heterocycles. The van der Waals surface area contributed by atoms with Crippen molar-refractivity contribution >= 4 is 29.9 Å². The van der Waals surface area contributed by atoms with Gasteiger partial charge in [0, 0.05) is 18.2 Å². The first-order valence-electron chi connectivity index (χ1n) is 8.56. The molecule has 3 rings (SSSR count). The Kier molecular flexibility index (Phi) is 6.56. The molecular formula is C18H28IN3O. The number of nitrogens with one attached hydrogen (secondary N) is 2. The average molecular weight is 429 g/mol. The highest BCUT2D eigenvalue weighted by atomic mass is 127. The van der Waals surface area contributed by atoms with E-state index < -0.39 is 0 Å². The topological polar surface area (TPSA) is 56.7 Å². The van der Waals surface area contributed by atoms with E-state index in [1.165, 1.54) is 30.4 Å². The lowest BCUT2D eigenvalue weighted by molar-refractivity contribution is 0.465. The quantitative estimate of drug-likeness (QED) is 0.391. The predicted molar refractivity (Wildman–Crippen MR) is 106 cm³/mol. The van der Waals surface area contributed by atoms with Crippen LogP contribution in [0.5, 0.6) is 5.75 Å².